The van der Waals surface area contributed by atoms with Crippen molar-refractivity contribution in [2.45, 2.75) is 25.8 Å². The molecule has 2 aromatic rings. The van der Waals surface area contributed by atoms with Crippen molar-refractivity contribution in [3.8, 4) is 11.5 Å². The highest BCUT2D eigenvalue weighted by Gasteiger charge is 2.39. The van der Waals surface area contributed by atoms with Gasteiger partial charge in [0.15, 0.2) is 11.5 Å². The molecule has 4 rings (SSSR count). The van der Waals surface area contributed by atoms with Crippen LogP contribution in [-0.4, -0.2) is 29.6 Å². The number of nitrogens with zero attached hydrogens (tertiary/aromatic N) is 1. The number of hydrogen-bond donors (Lipinski definition) is 1. The smallest absolute Gasteiger partial charge is 0.258 e. The average Bonchev–Trinajstić information content (AvgIpc) is 2.88. The molecule has 2 aliphatic rings. The number of phenols is 1. The topological polar surface area (TPSA) is 49.8 Å². The number of aromatic hydroxyl groups is 1. The molecule has 0 saturated carbocycles. The SMILES string of the molecule is COc1c(O)ccc2c1C(=O)N1CCc3sc(C)cc3[C@@H]1C2. The zero-order valence-electron chi connectivity index (χ0n) is 12.5. The number of carbonyl (C=O) groups excluding carboxylic acids is 1. The van der Waals surface area contributed by atoms with Gasteiger partial charge >= 0.3 is 0 Å². The predicted molar refractivity (Wildman–Crippen MR) is 84.9 cm³/mol. The van der Waals surface area contributed by atoms with Gasteiger partial charge < -0.3 is 14.7 Å². The van der Waals surface area contributed by atoms with Gasteiger partial charge in [-0.1, -0.05) is 6.07 Å². The van der Waals surface area contributed by atoms with E-state index in [0.29, 0.717) is 11.3 Å². The minimum Gasteiger partial charge on any atom is -0.504 e. The van der Waals surface area contributed by atoms with Gasteiger partial charge in [0.25, 0.3) is 5.91 Å². The van der Waals surface area contributed by atoms with Crippen LogP contribution in [0.25, 0.3) is 0 Å². The van der Waals surface area contributed by atoms with Crippen molar-refractivity contribution < 1.29 is 14.6 Å². The fourth-order valence-electron chi connectivity index (χ4n) is 3.64. The molecule has 22 heavy (non-hydrogen) atoms. The van der Waals surface area contributed by atoms with Crippen LogP contribution in [0.2, 0.25) is 0 Å². The van der Waals surface area contributed by atoms with Crippen LogP contribution in [0.5, 0.6) is 11.5 Å². The Morgan fingerprint density at radius 3 is 3.00 bits per heavy atom. The summed E-state index contributed by atoms with van der Waals surface area (Å²) in [5.41, 5.74) is 2.77. The lowest BCUT2D eigenvalue weighted by atomic mass is 9.86. The van der Waals surface area contributed by atoms with Crippen LogP contribution in [0, 0.1) is 6.92 Å². The quantitative estimate of drug-likeness (QED) is 0.880. The van der Waals surface area contributed by atoms with Crippen molar-refractivity contribution in [1.29, 1.82) is 0 Å². The molecular weight excluding hydrogens is 298 g/mol. The van der Waals surface area contributed by atoms with Gasteiger partial charge in [0.05, 0.1) is 18.7 Å². The zero-order chi connectivity index (χ0) is 15.4. The lowest BCUT2D eigenvalue weighted by Crippen LogP contribution is -2.44. The molecule has 5 heteroatoms. The number of amides is 1. The average molecular weight is 315 g/mol. The summed E-state index contributed by atoms with van der Waals surface area (Å²) >= 11 is 1.84. The molecule has 1 atom stereocenters. The molecule has 1 N–H and O–H groups in total. The maximum atomic E-state index is 12.9. The second kappa shape index (κ2) is 4.74. The predicted octanol–water partition coefficient (Wildman–Crippen LogP) is 3.07. The molecule has 114 valence electrons. The summed E-state index contributed by atoms with van der Waals surface area (Å²) in [7, 11) is 1.49. The van der Waals surface area contributed by atoms with E-state index in [4.69, 9.17) is 4.74 Å². The number of phenolic OH excluding ortho intramolecular Hbond substituents is 1. The van der Waals surface area contributed by atoms with Crippen LogP contribution in [0.15, 0.2) is 18.2 Å². The number of fused-ring (bicyclic) bond motifs is 4. The highest BCUT2D eigenvalue weighted by Crippen LogP contribution is 2.44. The molecule has 0 saturated heterocycles. The van der Waals surface area contributed by atoms with Crippen molar-refractivity contribution in [2.24, 2.45) is 0 Å². The first-order valence-electron chi connectivity index (χ1n) is 7.39. The fraction of sp³-hybridized carbons (Fsp3) is 0.353. The van der Waals surface area contributed by atoms with Gasteiger partial charge in [-0.05, 0) is 43.0 Å². The minimum absolute atomic E-state index is 0.0251. The second-order valence-corrected chi connectivity index (χ2v) is 7.20. The lowest BCUT2D eigenvalue weighted by Gasteiger charge is -2.40. The lowest BCUT2D eigenvalue weighted by molar-refractivity contribution is 0.0628. The van der Waals surface area contributed by atoms with Gasteiger partial charge in [0.1, 0.15) is 0 Å². The molecule has 0 unspecified atom stereocenters. The largest absolute Gasteiger partial charge is 0.504 e. The first-order chi connectivity index (χ1) is 10.6. The van der Waals surface area contributed by atoms with E-state index in [2.05, 4.69) is 13.0 Å². The first kappa shape index (κ1) is 13.6. The molecule has 4 nitrogen and oxygen atoms in total. The summed E-state index contributed by atoms with van der Waals surface area (Å²) < 4.78 is 5.27. The third-order valence-corrected chi connectivity index (χ3v) is 5.72. The standard InChI is InChI=1S/C17H17NO3S/c1-9-7-11-12-8-10-3-4-13(19)16(21-2)15(10)17(20)18(12)6-5-14(11)22-9/h3-4,7,12,19H,5-6,8H2,1-2H3/t12-/m0/s1. The van der Waals surface area contributed by atoms with E-state index in [1.807, 2.05) is 22.3 Å². The van der Waals surface area contributed by atoms with Crippen LogP contribution in [0.3, 0.4) is 0 Å². The monoisotopic (exact) mass is 315 g/mol. The third-order valence-electron chi connectivity index (χ3n) is 4.60. The molecular formula is C17H17NO3S. The summed E-state index contributed by atoms with van der Waals surface area (Å²) in [6, 6.07) is 5.79. The van der Waals surface area contributed by atoms with Crippen molar-refractivity contribution in [3.63, 3.8) is 0 Å². The van der Waals surface area contributed by atoms with Crippen LogP contribution < -0.4 is 4.74 Å². The van der Waals surface area contributed by atoms with Gasteiger partial charge in [-0.2, -0.15) is 0 Å². The molecule has 1 amide bonds. The fourth-order valence-corrected chi connectivity index (χ4v) is 4.72. The van der Waals surface area contributed by atoms with Crippen molar-refractivity contribution in [3.05, 3.63) is 44.6 Å². The second-order valence-electron chi connectivity index (χ2n) is 5.86. The Kier molecular flexibility index (Phi) is 2.94. The number of thiophene rings is 1. The maximum Gasteiger partial charge on any atom is 0.258 e. The Balaban J connectivity index is 1.86. The number of ether oxygens (including phenoxy) is 1. The summed E-state index contributed by atoms with van der Waals surface area (Å²) in [6.45, 7) is 2.85. The normalized spacial score (nSPS) is 19.5. The van der Waals surface area contributed by atoms with Crippen molar-refractivity contribution >= 4 is 17.2 Å². The number of hydrogen-bond acceptors (Lipinski definition) is 4. The molecule has 2 aliphatic heterocycles. The van der Waals surface area contributed by atoms with Gasteiger partial charge in [0, 0.05) is 16.3 Å². The Labute approximate surface area is 133 Å². The van der Waals surface area contributed by atoms with E-state index >= 15 is 0 Å². The molecule has 0 radical (unpaired) electrons. The molecule has 1 aromatic carbocycles. The van der Waals surface area contributed by atoms with E-state index in [1.165, 1.54) is 22.4 Å². The Bertz CT molecular complexity index is 780. The third kappa shape index (κ3) is 1.78. The van der Waals surface area contributed by atoms with Crippen molar-refractivity contribution in [2.75, 3.05) is 13.7 Å². The minimum atomic E-state index is -0.0338. The number of methoxy groups -OCH3 is 1. The van der Waals surface area contributed by atoms with Crippen LogP contribution >= 0.6 is 11.3 Å². The Morgan fingerprint density at radius 1 is 1.41 bits per heavy atom. The summed E-state index contributed by atoms with van der Waals surface area (Å²) in [4.78, 5) is 17.6. The highest BCUT2D eigenvalue weighted by atomic mass is 32.1. The number of carbonyl (C=O) groups is 1. The molecule has 0 spiro atoms. The zero-order valence-corrected chi connectivity index (χ0v) is 13.4. The summed E-state index contributed by atoms with van der Waals surface area (Å²) in [6.07, 6.45) is 1.69. The van der Waals surface area contributed by atoms with Crippen LogP contribution in [0.1, 0.15) is 37.3 Å². The van der Waals surface area contributed by atoms with Gasteiger partial charge in [-0.15, -0.1) is 11.3 Å². The Morgan fingerprint density at radius 2 is 2.23 bits per heavy atom. The number of benzene rings is 1. The first-order valence-corrected chi connectivity index (χ1v) is 8.20. The number of aryl methyl sites for hydroxylation is 1. The molecule has 3 heterocycles. The molecule has 0 bridgehead atoms. The van der Waals surface area contributed by atoms with Crippen LogP contribution in [0.4, 0.5) is 0 Å². The van der Waals surface area contributed by atoms with Gasteiger partial charge in [-0.25, -0.2) is 0 Å². The summed E-state index contributed by atoms with van der Waals surface area (Å²) in [5, 5.41) is 9.95. The van der Waals surface area contributed by atoms with Crippen LogP contribution in [-0.2, 0) is 12.8 Å². The molecule has 1 aromatic heterocycles. The van der Waals surface area contributed by atoms with E-state index in [0.717, 1.165) is 24.9 Å². The molecule has 0 fully saturated rings. The molecule has 0 aliphatic carbocycles. The van der Waals surface area contributed by atoms with E-state index < -0.39 is 0 Å². The highest BCUT2D eigenvalue weighted by molar-refractivity contribution is 7.12. The summed E-state index contributed by atoms with van der Waals surface area (Å²) in [5.74, 6) is 0.291. The maximum absolute atomic E-state index is 12.9. The van der Waals surface area contributed by atoms with E-state index in [9.17, 15) is 9.90 Å². The van der Waals surface area contributed by atoms with Gasteiger partial charge in [-0.3, -0.25) is 4.79 Å². The van der Waals surface area contributed by atoms with Crippen molar-refractivity contribution in [1.82, 2.24) is 4.90 Å². The van der Waals surface area contributed by atoms with E-state index in [1.54, 1.807) is 6.07 Å². The number of rotatable bonds is 1. The van der Waals surface area contributed by atoms with Gasteiger partial charge in [0.2, 0.25) is 0 Å². The van der Waals surface area contributed by atoms with E-state index in [-0.39, 0.29) is 17.7 Å². The Hall–Kier alpha value is -2.01.